The fourth-order valence-corrected chi connectivity index (χ4v) is 1.16. The van der Waals surface area contributed by atoms with Crippen LogP contribution in [-0.2, 0) is 0 Å². The van der Waals surface area contributed by atoms with Gasteiger partial charge in [-0.05, 0) is 11.8 Å². The van der Waals surface area contributed by atoms with Crippen LogP contribution in [0.1, 0.15) is 33.6 Å². The van der Waals surface area contributed by atoms with Gasteiger partial charge in [0, 0.05) is 6.54 Å². The molecule has 2 nitrogen and oxygen atoms in total. The molecule has 0 saturated heterocycles. The van der Waals surface area contributed by atoms with Crippen LogP contribution in [-0.4, -0.2) is 11.8 Å². The maximum atomic E-state index is 10.4. The summed E-state index contributed by atoms with van der Waals surface area (Å²) in [5.41, 5.74) is 0.202. The lowest BCUT2D eigenvalue weighted by atomic mass is 9.88. The van der Waals surface area contributed by atoms with Crippen LogP contribution in [0.5, 0.6) is 0 Å². The second-order valence-corrected chi connectivity index (χ2v) is 3.98. The highest BCUT2D eigenvalue weighted by atomic mass is 32.1. The van der Waals surface area contributed by atoms with Gasteiger partial charge in [0.2, 0.25) is 0 Å². The lowest BCUT2D eigenvalue weighted by Gasteiger charge is -2.23. The Kier molecular flexibility index (Phi) is 4.57. The van der Waals surface area contributed by atoms with Crippen molar-refractivity contribution >= 4 is 17.9 Å². The summed E-state index contributed by atoms with van der Waals surface area (Å²) in [6, 6.07) is 0. The summed E-state index contributed by atoms with van der Waals surface area (Å²) in [5, 5.41) is 2.45. The maximum Gasteiger partial charge on any atom is 0.275 e. The summed E-state index contributed by atoms with van der Waals surface area (Å²) in [5.74, 6) is 0. The zero-order valence-corrected chi connectivity index (χ0v) is 8.37. The summed E-state index contributed by atoms with van der Waals surface area (Å²) in [7, 11) is 0. The molecule has 0 bridgehead atoms. The first-order valence-corrected chi connectivity index (χ1v) is 4.39. The van der Waals surface area contributed by atoms with Crippen LogP contribution in [0.15, 0.2) is 0 Å². The maximum absolute atomic E-state index is 10.4. The zero-order valence-electron chi connectivity index (χ0n) is 7.48. The number of carbonyl (C=O) groups excluding carboxylic acids is 1. The first-order chi connectivity index (χ1) is 4.98. The molecule has 66 valence electrons. The standard InChI is InChI=1S/C8H17NOS/c1-4-5-8(2,3)6-9-7(10)11/h4-6H2,1-3H3,(H2,9,10,11). The van der Waals surface area contributed by atoms with Crippen LogP contribution in [0.2, 0.25) is 0 Å². The van der Waals surface area contributed by atoms with E-state index in [9.17, 15) is 4.79 Å². The number of hydrogen-bond donors (Lipinski definition) is 2. The van der Waals surface area contributed by atoms with Gasteiger partial charge in [0.15, 0.2) is 0 Å². The van der Waals surface area contributed by atoms with E-state index in [0.717, 1.165) is 12.8 Å². The quantitative estimate of drug-likeness (QED) is 0.631. The lowest BCUT2D eigenvalue weighted by molar-refractivity contribution is 0.251. The molecule has 0 spiro atoms. The van der Waals surface area contributed by atoms with Crippen molar-refractivity contribution in [1.82, 2.24) is 5.32 Å². The molecule has 0 aromatic heterocycles. The molecule has 11 heavy (non-hydrogen) atoms. The Labute approximate surface area is 74.2 Å². The van der Waals surface area contributed by atoms with Crippen LogP contribution >= 0.6 is 12.6 Å². The number of carbonyl (C=O) groups is 1. The first-order valence-electron chi connectivity index (χ1n) is 3.95. The first kappa shape index (κ1) is 10.8. The third-order valence-corrected chi connectivity index (χ3v) is 1.80. The Balaban J connectivity index is 3.63. The monoisotopic (exact) mass is 175 g/mol. The highest BCUT2D eigenvalue weighted by Gasteiger charge is 2.16. The van der Waals surface area contributed by atoms with E-state index in [0.29, 0.717) is 6.54 Å². The fraction of sp³-hybridized carbons (Fsp3) is 0.875. The van der Waals surface area contributed by atoms with Gasteiger partial charge in [0.05, 0.1) is 0 Å². The normalized spacial score (nSPS) is 11.3. The van der Waals surface area contributed by atoms with E-state index >= 15 is 0 Å². The van der Waals surface area contributed by atoms with Crippen LogP contribution in [0, 0.1) is 5.41 Å². The summed E-state index contributed by atoms with van der Waals surface area (Å²) >= 11 is 3.63. The van der Waals surface area contributed by atoms with Gasteiger partial charge in [-0.1, -0.05) is 39.8 Å². The molecule has 0 aromatic rings. The Morgan fingerprint density at radius 3 is 2.45 bits per heavy atom. The molecule has 0 atom stereocenters. The third-order valence-electron chi connectivity index (χ3n) is 1.64. The van der Waals surface area contributed by atoms with Gasteiger partial charge in [0.1, 0.15) is 0 Å². The van der Waals surface area contributed by atoms with Crippen molar-refractivity contribution in [1.29, 1.82) is 0 Å². The van der Waals surface area contributed by atoms with Crippen molar-refractivity contribution in [2.45, 2.75) is 33.6 Å². The fourth-order valence-electron chi connectivity index (χ4n) is 1.08. The molecule has 0 fully saturated rings. The van der Waals surface area contributed by atoms with Crippen LogP contribution < -0.4 is 5.32 Å². The molecule has 0 aliphatic rings. The smallest absolute Gasteiger partial charge is 0.275 e. The number of nitrogens with one attached hydrogen (secondary N) is 1. The molecular formula is C8H17NOS. The number of thiol groups is 1. The summed E-state index contributed by atoms with van der Waals surface area (Å²) in [6.45, 7) is 7.13. The van der Waals surface area contributed by atoms with Crippen LogP contribution in [0.25, 0.3) is 0 Å². The minimum atomic E-state index is -0.242. The topological polar surface area (TPSA) is 29.1 Å². The molecule has 0 heterocycles. The Morgan fingerprint density at radius 1 is 1.55 bits per heavy atom. The van der Waals surface area contributed by atoms with E-state index in [4.69, 9.17) is 0 Å². The molecule has 0 rings (SSSR count). The van der Waals surface area contributed by atoms with Crippen molar-refractivity contribution in [2.24, 2.45) is 5.41 Å². The van der Waals surface area contributed by atoms with Crippen molar-refractivity contribution in [3.8, 4) is 0 Å². The number of amides is 1. The van der Waals surface area contributed by atoms with Gasteiger partial charge < -0.3 is 5.32 Å². The predicted octanol–water partition coefficient (Wildman–Crippen LogP) is 2.45. The van der Waals surface area contributed by atoms with E-state index in [1.807, 2.05) is 0 Å². The zero-order chi connectivity index (χ0) is 8.91. The Bertz CT molecular complexity index is 134. The SMILES string of the molecule is CCCC(C)(C)CNC(=O)S. The number of rotatable bonds is 4. The number of hydrogen-bond acceptors (Lipinski definition) is 1. The molecule has 3 heteroatoms. The molecule has 0 aliphatic heterocycles. The van der Waals surface area contributed by atoms with Gasteiger partial charge in [0.25, 0.3) is 5.24 Å². The predicted molar refractivity (Wildman–Crippen MR) is 51.1 cm³/mol. The van der Waals surface area contributed by atoms with E-state index < -0.39 is 0 Å². The average molecular weight is 175 g/mol. The molecule has 0 radical (unpaired) electrons. The van der Waals surface area contributed by atoms with Crippen LogP contribution in [0.4, 0.5) is 4.79 Å². The highest BCUT2D eigenvalue weighted by molar-refractivity contribution is 7.96. The van der Waals surface area contributed by atoms with Gasteiger partial charge >= 0.3 is 0 Å². The van der Waals surface area contributed by atoms with Gasteiger partial charge in [-0.15, -0.1) is 0 Å². The summed E-state index contributed by atoms with van der Waals surface area (Å²) in [4.78, 5) is 10.4. The Morgan fingerprint density at radius 2 is 2.09 bits per heavy atom. The largest absolute Gasteiger partial charge is 0.347 e. The van der Waals surface area contributed by atoms with E-state index in [-0.39, 0.29) is 10.7 Å². The van der Waals surface area contributed by atoms with Crippen LogP contribution in [0.3, 0.4) is 0 Å². The highest BCUT2D eigenvalue weighted by Crippen LogP contribution is 2.20. The summed E-state index contributed by atoms with van der Waals surface area (Å²) < 4.78 is 0. The van der Waals surface area contributed by atoms with E-state index in [1.54, 1.807) is 0 Å². The van der Waals surface area contributed by atoms with Gasteiger partial charge in [-0.3, -0.25) is 4.79 Å². The van der Waals surface area contributed by atoms with Crippen molar-refractivity contribution in [3.63, 3.8) is 0 Å². The average Bonchev–Trinajstić information content (AvgIpc) is 1.84. The molecule has 1 amide bonds. The minimum Gasteiger partial charge on any atom is -0.347 e. The molecule has 0 saturated carbocycles. The van der Waals surface area contributed by atoms with Crippen molar-refractivity contribution < 1.29 is 4.79 Å². The third kappa shape index (κ3) is 6.23. The van der Waals surface area contributed by atoms with E-state index in [1.165, 1.54) is 0 Å². The molecular weight excluding hydrogens is 158 g/mol. The second-order valence-electron chi connectivity index (χ2n) is 3.57. The van der Waals surface area contributed by atoms with E-state index in [2.05, 4.69) is 38.7 Å². The Hall–Kier alpha value is -0.180. The van der Waals surface area contributed by atoms with Gasteiger partial charge in [-0.25, -0.2) is 0 Å². The molecule has 0 unspecified atom stereocenters. The lowest BCUT2D eigenvalue weighted by Crippen LogP contribution is -2.30. The molecule has 0 aromatic carbocycles. The van der Waals surface area contributed by atoms with Crippen molar-refractivity contribution in [3.05, 3.63) is 0 Å². The minimum absolute atomic E-state index is 0.202. The molecule has 0 aliphatic carbocycles. The van der Waals surface area contributed by atoms with Crippen molar-refractivity contribution in [2.75, 3.05) is 6.54 Å². The second kappa shape index (κ2) is 4.65. The summed E-state index contributed by atoms with van der Waals surface area (Å²) in [6.07, 6.45) is 2.27. The molecule has 1 N–H and O–H groups in total. The van der Waals surface area contributed by atoms with Gasteiger partial charge in [-0.2, -0.15) is 0 Å².